The second-order valence-electron chi connectivity index (χ2n) is 5.15. The third-order valence-corrected chi connectivity index (χ3v) is 4.55. The van der Waals surface area contributed by atoms with Crippen LogP contribution < -0.4 is 5.32 Å². The Kier molecular flexibility index (Phi) is 4.19. The summed E-state index contributed by atoms with van der Waals surface area (Å²) in [6.07, 6.45) is 1.23. The summed E-state index contributed by atoms with van der Waals surface area (Å²) < 4.78 is 5.40. The maximum absolute atomic E-state index is 12.3. The number of non-ortho nitro benzene ring substituents is 1. The number of carboxylic acids is 1. The molecule has 10 heteroatoms. The highest BCUT2D eigenvalue weighted by Gasteiger charge is 2.20. The van der Waals surface area contributed by atoms with E-state index in [1.54, 1.807) is 6.92 Å². The Morgan fingerprint density at radius 3 is 2.80 bits per heavy atom. The molecule has 1 unspecified atom stereocenters. The number of carbonyl (C=O) groups is 2. The molecule has 0 aliphatic carbocycles. The van der Waals surface area contributed by atoms with Gasteiger partial charge in [-0.05, 0) is 19.1 Å². The van der Waals surface area contributed by atoms with Crippen LogP contribution in [0.5, 0.6) is 0 Å². The van der Waals surface area contributed by atoms with Crippen molar-refractivity contribution in [3.8, 4) is 0 Å². The van der Waals surface area contributed by atoms with Crippen molar-refractivity contribution in [3.63, 3.8) is 0 Å². The summed E-state index contributed by atoms with van der Waals surface area (Å²) in [5.41, 5.74) is 0.253. The Morgan fingerprint density at radius 1 is 1.40 bits per heavy atom. The summed E-state index contributed by atoms with van der Waals surface area (Å²) in [6, 6.07) is 4.92. The minimum absolute atomic E-state index is 0.00244. The molecule has 9 nitrogen and oxygen atoms in total. The average molecular weight is 361 g/mol. The summed E-state index contributed by atoms with van der Waals surface area (Å²) in [6.45, 7) is 1.66. The molecule has 0 bridgehead atoms. The number of nitro benzene ring substituents is 1. The summed E-state index contributed by atoms with van der Waals surface area (Å²) in [5, 5.41) is 23.2. The lowest BCUT2D eigenvalue weighted by molar-refractivity contribution is -0.384. The van der Waals surface area contributed by atoms with E-state index in [0.717, 1.165) is 11.3 Å². The van der Waals surface area contributed by atoms with E-state index >= 15 is 0 Å². The zero-order valence-corrected chi connectivity index (χ0v) is 13.6. The number of thiazole rings is 1. The van der Waals surface area contributed by atoms with Crippen LogP contribution in [0.1, 0.15) is 38.2 Å². The quantitative estimate of drug-likeness (QED) is 0.526. The molecule has 0 saturated heterocycles. The highest BCUT2D eigenvalue weighted by Crippen LogP contribution is 2.25. The molecule has 2 aromatic heterocycles. The van der Waals surface area contributed by atoms with Crippen LogP contribution in [-0.2, 0) is 0 Å². The van der Waals surface area contributed by atoms with Gasteiger partial charge in [0, 0.05) is 17.5 Å². The van der Waals surface area contributed by atoms with E-state index < -0.39 is 22.8 Å². The molecule has 0 radical (unpaired) electrons. The highest BCUT2D eigenvalue weighted by atomic mass is 32.1. The first kappa shape index (κ1) is 16.6. The van der Waals surface area contributed by atoms with Gasteiger partial charge in [-0.3, -0.25) is 14.9 Å². The second-order valence-corrected chi connectivity index (χ2v) is 6.22. The molecule has 128 valence electrons. The predicted octanol–water partition coefficient (Wildman–Crippen LogP) is 2.99. The zero-order chi connectivity index (χ0) is 18.1. The number of carbonyl (C=O) groups excluding carboxylic acids is 1. The number of aromatic nitrogens is 1. The molecular formula is C15H11N3O6S. The Balaban J connectivity index is 1.79. The number of nitro groups is 1. The number of amides is 1. The molecule has 1 amide bonds. The molecule has 1 atom stereocenters. The van der Waals surface area contributed by atoms with E-state index in [1.807, 2.05) is 0 Å². The maximum atomic E-state index is 12.3. The van der Waals surface area contributed by atoms with Crippen molar-refractivity contribution in [2.45, 2.75) is 13.0 Å². The Hall–Kier alpha value is -3.27. The number of hydrogen-bond acceptors (Lipinski definition) is 7. The number of furan rings is 1. The summed E-state index contributed by atoms with van der Waals surface area (Å²) >= 11 is 0.965. The monoisotopic (exact) mass is 361 g/mol. The van der Waals surface area contributed by atoms with E-state index in [1.165, 1.54) is 30.5 Å². The van der Waals surface area contributed by atoms with Gasteiger partial charge in [0.05, 0.1) is 17.2 Å². The van der Waals surface area contributed by atoms with Crippen LogP contribution in [0.3, 0.4) is 0 Å². The van der Waals surface area contributed by atoms with Gasteiger partial charge < -0.3 is 14.8 Å². The van der Waals surface area contributed by atoms with E-state index in [0.29, 0.717) is 16.0 Å². The molecule has 0 spiro atoms. The van der Waals surface area contributed by atoms with E-state index in [9.17, 15) is 19.7 Å². The lowest BCUT2D eigenvalue weighted by Crippen LogP contribution is -2.26. The molecule has 3 aromatic rings. The molecule has 0 fully saturated rings. The topological polar surface area (TPSA) is 136 Å². The summed E-state index contributed by atoms with van der Waals surface area (Å²) in [4.78, 5) is 37.5. The zero-order valence-electron chi connectivity index (χ0n) is 12.8. The predicted molar refractivity (Wildman–Crippen MR) is 87.8 cm³/mol. The van der Waals surface area contributed by atoms with Crippen LogP contribution in [0, 0.1) is 10.1 Å². The molecule has 2 N–H and O–H groups in total. The van der Waals surface area contributed by atoms with E-state index in [4.69, 9.17) is 9.52 Å². The van der Waals surface area contributed by atoms with Crippen molar-refractivity contribution in [2.75, 3.05) is 0 Å². The van der Waals surface area contributed by atoms with Crippen LogP contribution in [0.4, 0.5) is 5.69 Å². The fourth-order valence-corrected chi connectivity index (χ4v) is 2.93. The number of carboxylic acid groups (broad SMARTS) is 1. The Morgan fingerprint density at radius 2 is 2.16 bits per heavy atom. The van der Waals surface area contributed by atoms with Crippen LogP contribution in [0.25, 0.3) is 11.0 Å². The Labute approximate surface area is 144 Å². The van der Waals surface area contributed by atoms with Gasteiger partial charge in [0.2, 0.25) is 0 Å². The van der Waals surface area contributed by atoms with Gasteiger partial charge in [0.25, 0.3) is 11.6 Å². The summed E-state index contributed by atoms with van der Waals surface area (Å²) in [5.74, 6) is -1.61. The first-order valence-electron chi connectivity index (χ1n) is 7.03. The standard InChI is InChI=1S/C15H11N3O6S/c1-7(14-16-6-12(25-14)15(20)21)17-13(19)11-5-8-4-9(18(22)23)2-3-10(8)24-11/h2-7H,1H3,(H,17,19)(H,20,21). The minimum Gasteiger partial charge on any atom is -0.477 e. The van der Waals surface area contributed by atoms with Crippen molar-refractivity contribution in [2.24, 2.45) is 0 Å². The smallest absolute Gasteiger partial charge is 0.347 e. The highest BCUT2D eigenvalue weighted by molar-refractivity contribution is 7.13. The maximum Gasteiger partial charge on any atom is 0.347 e. The van der Waals surface area contributed by atoms with E-state index in [-0.39, 0.29) is 16.3 Å². The number of nitrogens with zero attached hydrogens (tertiary/aromatic N) is 2. The first-order valence-corrected chi connectivity index (χ1v) is 7.84. The van der Waals surface area contributed by atoms with E-state index in [2.05, 4.69) is 10.3 Å². The lowest BCUT2D eigenvalue weighted by Gasteiger charge is -2.09. The van der Waals surface area contributed by atoms with Crippen molar-refractivity contribution >= 4 is 39.9 Å². The van der Waals surface area contributed by atoms with Gasteiger partial charge in [-0.1, -0.05) is 0 Å². The third-order valence-electron chi connectivity index (χ3n) is 3.39. The third kappa shape index (κ3) is 3.33. The molecule has 25 heavy (non-hydrogen) atoms. The number of nitrogens with one attached hydrogen (secondary N) is 1. The van der Waals surface area contributed by atoms with Crippen molar-refractivity contribution in [3.05, 3.63) is 56.2 Å². The van der Waals surface area contributed by atoms with Gasteiger partial charge >= 0.3 is 5.97 Å². The van der Waals surface area contributed by atoms with Crippen LogP contribution in [0.2, 0.25) is 0 Å². The molecule has 0 aliphatic heterocycles. The molecule has 2 heterocycles. The molecule has 0 saturated carbocycles. The van der Waals surface area contributed by atoms with Gasteiger partial charge in [0.1, 0.15) is 15.5 Å². The largest absolute Gasteiger partial charge is 0.477 e. The van der Waals surface area contributed by atoms with Gasteiger partial charge in [-0.15, -0.1) is 11.3 Å². The fourth-order valence-electron chi connectivity index (χ4n) is 2.17. The SMILES string of the molecule is CC(NC(=O)c1cc2cc([N+](=O)[O-])ccc2o1)c1ncc(C(=O)O)s1. The molecule has 1 aromatic carbocycles. The molecule has 0 aliphatic rings. The van der Waals surface area contributed by atoms with Crippen LogP contribution >= 0.6 is 11.3 Å². The second kappa shape index (κ2) is 6.32. The number of fused-ring (bicyclic) bond motifs is 1. The van der Waals surface area contributed by atoms with Crippen LogP contribution in [0.15, 0.2) is 34.9 Å². The average Bonchev–Trinajstić information content (AvgIpc) is 3.21. The number of benzene rings is 1. The fraction of sp³-hybridized carbons (Fsp3) is 0.133. The number of rotatable bonds is 5. The molecule has 3 rings (SSSR count). The normalized spacial score (nSPS) is 12.0. The first-order chi connectivity index (χ1) is 11.8. The Bertz CT molecular complexity index is 992. The number of aromatic carboxylic acids is 1. The van der Waals surface area contributed by atoms with Gasteiger partial charge in [-0.25, -0.2) is 9.78 Å². The summed E-state index contributed by atoms with van der Waals surface area (Å²) in [7, 11) is 0. The van der Waals surface area contributed by atoms with Gasteiger partial charge in [0.15, 0.2) is 5.76 Å². The molecular weight excluding hydrogens is 350 g/mol. The van der Waals surface area contributed by atoms with Crippen molar-refractivity contribution < 1.29 is 24.0 Å². The lowest BCUT2D eigenvalue weighted by atomic mass is 10.2. The minimum atomic E-state index is -1.08. The van der Waals surface area contributed by atoms with Crippen molar-refractivity contribution in [1.29, 1.82) is 0 Å². The van der Waals surface area contributed by atoms with Crippen molar-refractivity contribution in [1.82, 2.24) is 10.3 Å². The van der Waals surface area contributed by atoms with Crippen LogP contribution in [-0.4, -0.2) is 26.9 Å². The van der Waals surface area contributed by atoms with Gasteiger partial charge in [-0.2, -0.15) is 0 Å². The number of hydrogen-bond donors (Lipinski definition) is 2.